The van der Waals surface area contributed by atoms with Crippen LogP contribution in [0.5, 0.6) is 0 Å². The summed E-state index contributed by atoms with van der Waals surface area (Å²) in [4.78, 5) is 3.79. The number of hydrogen-bond acceptors (Lipinski definition) is 4. The Morgan fingerprint density at radius 2 is 2.35 bits per heavy atom. The smallest absolute Gasteiger partial charge is 0.0565 e. The van der Waals surface area contributed by atoms with E-state index in [0.717, 1.165) is 18.1 Å². The van der Waals surface area contributed by atoms with Gasteiger partial charge in [-0.25, -0.2) is 0 Å². The zero-order valence-corrected chi connectivity index (χ0v) is 12.7. The minimum atomic E-state index is 0.326. The van der Waals surface area contributed by atoms with E-state index >= 15 is 0 Å². The molecule has 1 saturated heterocycles. The average molecular weight is 291 g/mol. The van der Waals surface area contributed by atoms with Gasteiger partial charge in [0.2, 0.25) is 0 Å². The molecule has 0 spiro atoms. The van der Waals surface area contributed by atoms with Gasteiger partial charge in [-0.2, -0.15) is 11.8 Å². The van der Waals surface area contributed by atoms with E-state index in [2.05, 4.69) is 24.8 Å². The summed E-state index contributed by atoms with van der Waals surface area (Å²) in [5.41, 5.74) is 5.95. The number of nitrogens with two attached hydrogens (primary N) is 1. The van der Waals surface area contributed by atoms with Gasteiger partial charge >= 0.3 is 0 Å². The molecule has 2 rings (SSSR count). The molecule has 1 aromatic heterocycles. The molecular weight excluding hydrogens is 272 g/mol. The third-order valence-corrected chi connectivity index (χ3v) is 5.71. The SMILES string of the molecule is CC1(C)CN(C(CN)c2cc(Cl)cs2)CCS1. The lowest BCUT2D eigenvalue weighted by Gasteiger charge is -2.41. The molecule has 1 atom stereocenters. The van der Waals surface area contributed by atoms with E-state index in [9.17, 15) is 0 Å². The molecule has 0 saturated carbocycles. The summed E-state index contributed by atoms with van der Waals surface area (Å²) in [7, 11) is 0. The van der Waals surface area contributed by atoms with Crippen molar-refractivity contribution in [3.63, 3.8) is 0 Å². The molecule has 96 valence electrons. The van der Waals surface area contributed by atoms with E-state index in [1.54, 1.807) is 11.3 Å². The fourth-order valence-corrected chi connectivity index (χ4v) is 4.63. The second-order valence-electron chi connectivity index (χ2n) is 5.00. The van der Waals surface area contributed by atoms with Crippen molar-refractivity contribution in [3.05, 3.63) is 21.3 Å². The van der Waals surface area contributed by atoms with E-state index < -0.39 is 0 Å². The lowest BCUT2D eigenvalue weighted by Crippen LogP contribution is -2.46. The van der Waals surface area contributed by atoms with Gasteiger partial charge < -0.3 is 5.73 Å². The first-order valence-corrected chi connectivity index (χ1v) is 8.08. The van der Waals surface area contributed by atoms with E-state index in [0.29, 0.717) is 17.3 Å². The van der Waals surface area contributed by atoms with Crippen molar-refractivity contribution < 1.29 is 0 Å². The van der Waals surface area contributed by atoms with Crippen molar-refractivity contribution in [2.45, 2.75) is 24.6 Å². The van der Waals surface area contributed by atoms with Gasteiger partial charge in [0.05, 0.1) is 11.1 Å². The first-order chi connectivity index (χ1) is 8.02. The maximum Gasteiger partial charge on any atom is 0.0565 e. The highest BCUT2D eigenvalue weighted by Crippen LogP contribution is 2.35. The molecule has 1 aliphatic heterocycles. The van der Waals surface area contributed by atoms with Crippen molar-refractivity contribution in [3.8, 4) is 0 Å². The number of rotatable bonds is 3. The summed E-state index contributed by atoms with van der Waals surface area (Å²) in [5, 5.41) is 2.82. The third kappa shape index (κ3) is 3.38. The van der Waals surface area contributed by atoms with Gasteiger partial charge in [-0.3, -0.25) is 4.90 Å². The van der Waals surface area contributed by atoms with Crippen LogP contribution >= 0.6 is 34.7 Å². The molecule has 0 aromatic carbocycles. The molecule has 5 heteroatoms. The molecule has 0 amide bonds. The summed E-state index contributed by atoms with van der Waals surface area (Å²) < 4.78 is 0.326. The minimum Gasteiger partial charge on any atom is -0.329 e. The van der Waals surface area contributed by atoms with Crippen LogP contribution in [0.2, 0.25) is 5.02 Å². The fourth-order valence-electron chi connectivity index (χ4n) is 2.27. The maximum absolute atomic E-state index is 6.00. The molecule has 1 fully saturated rings. The Labute approximate surface area is 117 Å². The summed E-state index contributed by atoms with van der Waals surface area (Å²) in [6.07, 6.45) is 0. The van der Waals surface area contributed by atoms with Crippen LogP contribution in [0.15, 0.2) is 11.4 Å². The van der Waals surface area contributed by atoms with Gasteiger partial charge in [0, 0.05) is 40.4 Å². The van der Waals surface area contributed by atoms with Crippen LogP contribution in [-0.4, -0.2) is 35.0 Å². The van der Waals surface area contributed by atoms with Crippen molar-refractivity contribution in [1.82, 2.24) is 4.90 Å². The first kappa shape index (κ1) is 13.7. The third-order valence-electron chi connectivity index (χ3n) is 3.04. The van der Waals surface area contributed by atoms with Gasteiger partial charge in [-0.05, 0) is 19.9 Å². The van der Waals surface area contributed by atoms with Crippen LogP contribution in [-0.2, 0) is 0 Å². The van der Waals surface area contributed by atoms with Gasteiger partial charge in [0.25, 0.3) is 0 Å². The normalized spacial score (nSPS) is 22.6. The zero-order valence-electron chi connectivity index (χ0n) is 10.3. The number of thioether (sulfide) groups is 1. The molecule has 1 unspecified atom stereocenters. The molecular formula is C12H19ClN2S2. The Morgan fingerprint density at radius 3 is 2.88 bits per heavy atom. The monoisotopic (exact) mass is 290 g/mol. The van der Waals surface area contributed by atoms with E-state index in [4.69, 9.17) is 17.3 Å². The topological polar surface area (TPSA) is 29.3 Å². The van der Waals surface area contributed by atoms with Crippen LogP contribution < -0.4 is 5.73 Å². The van der Waals surface area contributed by atoms with Gasteiger partial charge in [-0.15, -0.1) is 11.3 Å². The van der Waals surface area contributed by atoms with Gasteiger partial charge in [0.1, 0.15) is 0 Å². The second-order valence-corrected chi connectivity index (χ2v) is 8.18. The fraction of sp³-hybridized carbons (Fsp3) is 0.667. The predicted molar refractivity (Wildman–Crippen MR) is 79.2 cm³/mol. The predicted octanol–water partition coefficient (Wildman–Crippen LogP) is 3.23. The summed E-state index contributed by atoms with van der Waals surface area (Å²) in [6.45, 7) is 7.48. The van der Waals surface area contributed by atoms with Crippen molar-refractivity contribution in [2.24, 2.45) is 5.73 Å². The lowest BCUT2D eigenvalue weighted by molar-refractivity contribution is 0.195. The molecule has 0 bridgehead atoms. The molecule has 0 radical (unpaired) electrons. The zero-order chi connectivity index (χ0) is 12.5. The molecule has 1 aliphatic rings. The summed E-state index contributed by atoms with van der Waals surface area (Å²) in [5.74, 6) is 1.18. The molecule has 2 N–H and O–H groups in total. The molecule has 2 heterocycles. The van der Waals surface area contributed by atoms with Gasteiger partial charge in [-0.1, -0.05) is 11.6 Å². The van der Waals surface area contributed by atoms with E-state index in [1.165, 1.54) is 10.6 Å². The molecule has 1 aromatic rings. The van der Waals surface area contributed by atoms with Crippen LogP contribution in [0.4, 0.5) is 0 Å². The quantitative estimate of drug-likeness (QED) is 0.927. The van der Waals surface area contributed by atoms with Gasteiger partial charge in [0.15, 0.2) is 0 Å². The Hall–Kier alpha value is 0.260. The van der Waals surface area contributed by atoms with Crippen molar-refractivity contribution >= 4 is 34.7 Å². The highest BCUT2D eigenvalue weighted by molar-refractivity contribution is 8.00. The van der Waals surface area contributed by atoms with Crippen LogP contribution in [0.1, 0.15) is 24.8 Å². The molecule has 0 aliphatic carbocycles. The Kier molecular flexibility index (Phi) is 4.42. The van der Waals surface area contributed by atoms with Crippen molar-refractivity contribution in [1.29, 1.82) is 0 Å². The number of hydrogen-bond donors (Lipinski definition) is 1. The maximum atomic E-state index is 6.00. The van der Waals surface area contributed by atoms with E-state index in [1.807, 2.05) is 17.1 Å². The largest absolute Gasteiger partial charge is 0.329 e. The average Bonchev–Trinajstić information content (AvgIpc) is 2.64. The number of nitrogens with zero attached hydrogens (tertiary/aromatic N) is 1. The Balaban J connectivity index is 2.13. The number of thiophene rings is 1. The Morgan fingerprint density at radius 1 is 1.59 bits per heavy atom. The summed E-state index contributed by atoms with van der Waals surface area (Å²) >= 11 is 9.77. The first-order valence-electron chi connectivity index (χ1n) is 5.84. The standard InChI is InChI=1S/C12H19ClN2S2/c1-12(2)8-15(3-4-17-12)10(6-14)11-5-9(13)7-16-11/h5,7,10H,3-4,6,8,14H2,1-2H3. The Bertz CT molecular complexity index is 378. The van der Waals surface area contributed by atoms with Crippen LogP contribution in [0, 0.1) is 0 Å². The summed E-state index contributed by atoms with van der Waals surface area (Å²) in [6, 6.07) is 2.38. The van der Waals surface area contributed by atoms with E-state index in [-0.39, 0.29) is 0 Å². The van der Waals surface area contributed by atoms with Crippen LogP contribution in [0.25, 0.3) is 0 Å². The van der Waals surface area contributed by atoms with Crippen LogP contribution in [0.3, 0.4) is 0 Å². The highest BCUT2D eigenvalue weighted by atomic mass is 35.5. The second kappa shape index (κ2) is 5.49. The molecule has 2 nitrogen and oxygen atoms in total. The minimum absolute atomic E-state index is 0.326. The van der Waals surface area contributed by atoms with Crippen molar-refractivity contribution in [2.75, 3.05) is 25.4 Å². The lowest BCUT2D eigenvalue weighted by atomic mass is 10.1. The molecule has 17 heavy (non-hydrogen) atoms. The highest BCUT2D eigenvalue weighted by Gasteiger charge is 2.31. The number of halogens is 1.